The maximum Gasteiger partial charge on any atom is 2.00 e. The van der Waals surface area contributed by atoms with Crippen LogP contribution in [0.4, 0.5) is 0 Å². The van der Waals surface area contributed by atoms with Crippen molar-refractivity contribution in [3.8, 4) is 0 Å². The van der Waals surface area contributed by atoms with Gasteiger partial charge < -0.3 is 52.1 Å². The SMILES string of the molecule is O=P([O-])([O-])[O-].[Cs+].[Mn+2].[OH3+].[OH3+].[OH3+].[OH3+].[OH3+].[OH3+]. The van der Waals surface area contributed by atoms with Crippen molar-refractivity contribution in [2.45, 2.75) is 0 Å². The first kappa shape index (κ1) is 77.6. The molecule has 0 rings (SSSR count). The van der Waals surface area contributed by atoms with E-state index in [9.17, 15) is 0 Å². The molecule has 1 radical (unpaired) electrons. The first-order chi connectivity index (χ1) is 2.00. The summed E-state index contributed by atoms with van der Waals surface area (Å²) in [6, 6.07) is 0. The van der Waals surface area contributed by atoms with E-state index in [-0.39, 0.29) is 119 Å². The van der Waals surface area contributed by atoms with Crippen LogP contribution in [0.2, 0.25) is 0 Å². The second-order valence-electron chi connectivity index (χ2n) is 0.447. The summed E-state index contributed by atoms with van der Waals surface area (Å²) in [6.45, 7) is 0. The van der Waals surface area contributed by atoms with Crippen molar-refractivity contribution < 1.29 is 138 Å². The van der Waals surface area contributed by atoms with Gasteiger partial charge in [-0.05, 0) is 0 Å². The Balaban J connectivity index is -0.00000000286. The van der Waals surface area contributed by atoms with Gasteiger partial charge in [-0.1, -0.05) is 0 Å². The zero-order valence-electron chi connectivity index (χ0n) is 6.92. The Kier molecular flexibility index (Phi) is 219. The molecule has 85 valence electrons. The standard InChI is InChI=1S/Cs.Mn.H3O4P.6H2O/c;;1-5(2,3)4;;;;;;/h;;(H3,1,2,3,4);6*1H2/q+1;+2;;;;;;;/p+3. The Hall–Kier alpha value is 2.44. The van der Waals surface area contributed by atoms with Gasteiger partial charge in [0.1, 0.15) is 0 Å². The summed E-state index contributed by atoms with van der Waals surface area (Å²) in [7, 11) is -5.39. The minimum absolute atomic E-state index is 0. The zero-order chi connectivity index (χ0) is 4.50. The number of phosphoric acid groups is 1. The number of hydrogen-bond acceptors (Lipinski definition) is 4. The number of hydrogen-bond donors (Lipinski definition) is 0. The molecular formula is H18CsMnO10P+6. The molecular weight excluding hydrogens is 379 g/mol. The predicted octanol–water partition coefficient (Wildman–Crippen LogP) is -11.4. The first-order valence-corrected chi connectivity index (χ1v) is 2.19. The van der Waals surface area contributed by atoms with Gasteiger partial charge in [-0.15, -0.1) is 0 Å². The predicted molar refractivity (Wildman–Crippen MR) is 36.8 cm³/mol. The normalized spacial score (nSPS) is 4.54. The van der Waals surface area contributed by atoms with E-state index in [1.807, 2.05) is 0 Å². The summed E-state index contributed by atoms with van der Waals surface area (Å²) in [6.07, 6.45) is 0. The second-order valence-corrected chi connectivity index (χ2v) is 1.34. The summed E-state index contributed by atoms with van der Waals surface area (Å²) >= 11 is 0. The zero-order valence-corrected chi connectivity index (χ0v) is 15.3. The van der Waals surface area contributed by atoms with Crippen LogP contribution in [-0.4, -0.2) is 0 Å². The van der Waals surface area contributed by atoms with Crippen LogP contribution in [-0.2, 0) is 54.5 Å². The van der Waals surface area contributed by atoms with E-state index in [0.717, 1.165) is 0 Å². The molecule has 0 amide bonds. The monoisotopic (exact) mass is 397 g/mol. The van der Waals surface area contributed by atoms with Gasteiger partial charge in [0, 0.05) is 0 Å². The molecule has 0 aromatic heterocycles. The molecule has 0 atom stereocenters. The van der Waals surface area contributed by atoms with Gasteiger partial charge in [0.05, 0.1) is 0 Å². The molecule has 0 saturated carbocycles. The van der Waals surface area contributed by atoms with E-state index in [1.165, 1.54) is 0 Å². The maximum absolute atomic E-state index is 8.55. The topological polar surface area (TPSA) is 284 Å². The molecule has 0 aliphatic heterocycles. The molecule has 18 N–H and O–H groups in total. The van der Waals surface area contributed by atoms with Crippen LogP contribution < -0.4 is 83.6 Å². The van der Waals surface area contributed by atoms with Crippen LogP contribution >= 0.6 is 7.82 Å². The molecule has 0 unspecified atom stereocenters. The van der Waals surface area contributed by atoms with Crippen LogP contribution in [0.5, 0.6) is 0 Å². The smallest absolute Gasteiger partial charge is 0.822 e. The van der Waals surface area contributed by atoms with E-state index < -0.39 is 7.82 Å². The molecule has 0 aliphatic rings. The van der Waals surface area contributed by atoms with E-state index in [4.69, 9.17) is 19.2 Å². The van der Waals surface area contributed by atoms with Crippen LogP contribution in [0.25, 0.3) is 0 Å². The van der Waals surface area contributed by atoms with Crippen molar-refractivity contribution in [3.63, 3.8) is 0 Å². The Morgan fingerprint density at radius 1 is 0.692 bits per heavy atom. The molecule has 0 aliphatic carbocycles. The van der Waals surface area contributed by atoms with E-state index in [2.05, 4.69) is 0 Å². The summed E-state index contributed by atoms with van der Waals surface area (Å²) < 4.78 is 8.55. The minimum atomic E-state index is -5.39. The largest absolute Gasteiger partial charge is 2.00 e. The fourth-order valence-corrected chi connectivity index (χ4v) is 0. The fraction of sp³-hybridized carbons (Fsp3) is 0. The fourth-order valence-electron chi connectivity index (χ4n) is 0. The first-order valence-electron chi connectivity index (χ1n) is 0.730. The Bertz CT molecular complexity index is 61.1. The van der Waals surface area contributed by atoms with E-state index in [1.54, 1.807) is 0 Å². The van der Waals surface area contributed by atoms with Crippen molar-refractivity contribution >= 4 is 7.82 Å². The van der Waals surface area contributed by atoms with Crippen molar-refractivity contribution in [1.82, 2.24) is 0 Å². The Labute approximate surface area is 143 Å². The van der Waals surface area contributed by atoms with Crippen molar-refractivity contribution in [2.75, 3.05) is 0 Å². The van der Waals surface area contributed by atoms with E-state index >= 15 is 0 Å². The van der Waals surface area contributed by atoms with Crippen molar-refractivity contribution in [2.24, 2.45) is 0 Å². The van der Waals surface area contributed by atoms with Gasteiger partial charge in [0.2, 0.25) is 0 Å². The van der Waals surface area contributed by atoms with Crippen LogP contribution in [0.15, 0.2) is 0 Å². The van der Waals surface area contributed by atoms with Gasteiger partial charge in [0.25, 0.3) is 0 Å². The molecule has 0 bridgehead atoms. The van der Waals surface area contributed by atoms with Gasteiger partial charge in [0.15, 0.2) is 0 Å². The van der Waals surface area contributed by atoms with Crippen molar-refractivity contribution in [1.29, 1.82) is 0 Å². The average Bonchev–Trinajstić information content (AvgIpc) is 0.722. The average molecular weight is 397 g/mol. The number of rotatable bonds is 0. The molecule has 0 saturated heterocycles. The maximum atomic E-state index is 8.55. The Morgan fingerprint density at radius 3 is 0.692 bits per heavy atom. The Morgan fingerprint density at radius 2 is 0.692 bits per heavy atom. The van der Waals surface area contributed by atoms with E-state index in [0.29, 0.717) is 0 Å². The molecule has 0 aromatic rings. The molecule has 13 heavy (non-hydrogen) atoms. The van der Waals surface area contributed by atoms with Crippen molar-refractivity contribution in [3.05, 3.63) is 0 Å². The quantitative estimate of drug-likeness (QED) is 0.218. The third-order valence-electron chi connectivity index (χ3n) is 0. The summed E-state index contributed by atoms with van der Waals surface area (Å²) in [5.41, 5.74) is 0. The van der Waals surface area contributed by atoms with Gasteiger partial charge in [-0.3, -0.25) is 0 Å². The summed E-state index contributed by atoms with van der Waals surface area (Å²) in [4.78, 5) is 25.6. The molecule has 0 aromatic carbocycles. The summed E-state index contributed by atoms with van der Waals surface area (Å²) in [5, 5.41) is 0. The summed E-state index contributed by atoms with van der Waals surface area (Å²) in [5.74, 6) is 0. The third kappa shape index (κ3) is 375. The third-order valence-corrected chi connectivity index (χ3v) is 0. The van der Waals surface area contributed by atoms with Crippen LogP contribution in [0.3, 0.4) is 0 Å². The van der Waals surface area contributed by atoms with Gasteiger partial charge in [-0.25, -0.2) is 0 Å². The molecule has 0 heterocycles. The van der Waals surface area contributed by atoms with Gasteiger partial charge in [-0.2, -0.15) is 7.82 Å². The molecule has 13 heteroatoms. The van der Waals surface area contributed by atoms with Crippen LogP contribution in [0, 0.1) is 0 Å². The minimum Gasteiger partial charge on any atom is -0.822 e. The molecule has 10 nitrogen and oxygen atoms in total. The molecule has 0 spiro atoms. The van der Waals surface area contributed by atoms with Crippen LogP contribution in [0.1, 0.15) is 0 Å². The second kappa shape index (κ2) is 36.6. The molecule has 0 fully saturated rings. The van der Waals surface area contributed by atoms with Gasteiger partial charge >= 0.3 is 86.0 Å².